The van der Waals surface area contributed by atoms with E-state index >= 15 is 0 Å². The molecule has 0 saturated carbocycles. The highest BCUT2D eigenvalue weighted by Gasteiger charge is 1.95. The lowest BCUT2D eigenvalue weighted by atomic mass is 10.1. The van der Waals surface area contributed by atoms with Gasteiger partial charge in [-0.2, -0.15) is 0 Å². The van der Waals surface area contributed by atoms with Crippen molar-refractivity contribution in [1.29, 1.82) is 0 Å². The molecule has 1 aromatic carbocycles. The minimum absolute atomic E-state index is 1.33. The van der Waals surface area contributed by atoms with Crippen molar-refractivity contribution in [2.45, 2.75) is 71.6 Å². The molecule has 0 aliphatic heterocycles. The Hall–Kier alpha value is -0.350. The summed E-state index contributed by atoms with van der Waals surface area (Å²) in [6.07, 6.45) is 14.2. The van der Waals surface area contributed by atoms with E-state index in [9.17, 15) is 0 Å². The van der Waals surface area contributed by atoms with Crippen LogP contribution in [0.2, 0.25) is 0 Å². The molecule has 0 aromatic heterocycles. The topological polar surface area (TPSA) is 0 Å². The number of hydrogen-bond acceptors (Lipinski definition) is 0. The van der Waals surface area contributed by atoms with Crippen molar-refractivity contribution in [3.63, 3.8) is 0 Å². The van der Waals surface area contributed by atoms with Crippen LogP contribution in [0, 0.1) is 6.92 Å². The summed E-state index contributed by atoms with van der Waals surface area (Å²) in [6.45, 7) is 4.44. The molecule has 1 radical (unpaired) electrons. The maximum Gasteiger partial charge on any atom is -0.0193 e. The molecule has 1 aromatic rings. The first kappa shape index (κ1) is 16.7. The summed E-state index contributed by atoms with van der Waals surface area (Å²) < 4.78 is 0. The number of aryl methyl sites for hydroxylation is 1. The van der Waals surface area contributed by atoms with E-state index in [0.717, 1.165) is 0 Å². The van der Waals surface area contributed by atoms with E-state index in [2.05, 4.69) is 38.1 Å². The monoisotopic (exact) mass is 277 g/mol. The van der Waals surface area contributed by atoms with Gasteiger partial charge in [0, 0.05) is 0 Å². The highest BCUT2D eigenvalue weighted by Crippen LogP contribution is 2.15. The third-order valence-corrected chi connectivity index (χ3v) is 4.79. The maximum absolute atomic E-state index is 2.28. The molecule has 0 fully saturated rings. The molecule has 0 aliphatic rings. The molecule has 0 amide bonds. The Morgan fingerprint density at radius 1 is 0.737 bits per heavy atom. The molecule has 0 unspecified atom stereocenters. The fourth-order valence-corrected chi connectivity index (χ4v) is 3.28. The van der Waals surface area contributed by atoms with Crippen molar-refractivity contribution < 1.29 is 0 Å². The largest absolute Gasteiger partial charge is 0.0654 e. The van der Waals surface area contributed by atoms with Gasteiger partial charge in [0.2, 0.25) is 0 Å². The Morgan fingerprint density at radius 3 is 1.84 bits per heavy atom. The molecule has 0 nitrogen and oxygen atoms in total. The molecule has 1 heteroatoms. The summed E-state index contributed by atoms with van der Waals surface area (Å²) >= 11 is 0. The highest BCUT2D eigenvalue weighted by atomic mass is 31.1. The molecule has 0 heterocycles. The third-order valence-electron chi connectivity index (χ3n) is 3.59. The number of benzene rings is 1. The minimum Gasteiger partial charge on any atom is -0.0654 e. The predicted molar refractivity (Wildman–Crippen MR) is 89.8 cm³/mol. The Labute approximate surface area is 122 Å². The summed E-state index contributed by atoms with van der Waals surface area (Å²) in [5.41, 5.74) is 1.36. The lowest BCUT2D eigenvalue weighted by Crippen LogP contribution is -1.94. The lowest BCUT2D eigenvalue weighted by molar-refractivity contribution is 0.573. The normalized spacial score (nSPS) is 11.5. The number of rotatable bonds is 11. The van der Waals surface area contributed by atoms with Crippen LogP contribution in [0.15, 0.2) is 24.3 Å². The van der Waals surface area contributed by atoms with E-state index < -0.39 is 0 Å². The van der Waals surface area contributed by atoms with Crippen LogP contribution in [0.4, 0.5) is 0 Å². The van der Waals surface area contributed by atoms with Gasteiger partial charge in [-0.15, -0.1) is 0 Å². The summed E-state index contributed by atoms with van der Waals surface area (Å²) in [5.74, 6) is 0. The van der Waals surface area contributed by atoms with Gasteiger partial charge in [0.25, 0.3) is 0 Å². The molecular weight excluding hydrogens is 247 g/mol. The first-order valence-electron chi connectivity index (χ1n) is 8.07. The van der Waals surface area contributed by atoms with Crippen molar-refractivity contribution in [1.82, 2.24) is 0 Å². The molecule has 0 bridgehead atoms. The summed E-state index contributed by atoms with van der Waals surface area (Å²) in [7, 11) is 1.51. The smallest absolute Gasteiger partial charge is 0.0193 e. The Bertz CT molecular complexity index is 302. The molecule has 107 valence electrons. The van der Waals surface area contributed by atoms with Crippen LogP contribution in [0.1, 0.15) is 70.3 Å². The van der Waals surface area contributed by atoms with Crippen LogP contribution in [0.3, 0.4) is 0 Å². The van der Waals surface area contributed by atoms with Crippen LogP contribution < -0.4 is 5.30 Å². The maximum atomic E-state index is 2.28. The zero-order chi connectivity index (χ0) is 13.8. The van der Waals surface area contributed by atoms with E-state index in [0.29, 0.717) is 0 Å². The van der Waals surface area contributed by atoms with Crippen LogP contribution in [-0.4, -0.2) is 6.16 Å². The van der Waals surface area contributed by atoms with Gasteiger partial charge in [-0.3, -0.25) is 0 Å². The van der Waals surface area contributed by atoms with Crippen molar-refractivity contribution in [2.75, 3.05) is 6.16 Å². The Kier molecular flexibility index (Phi) is 10.1. The SMILES string of the molecule is CCCCCCCCCCC[P]c1ccc(C)cc1. The molecule has 1 rings (SSSR count). The molecule has 0 atom stereocenters. The average Bonchev–Trinajstić information content (AvgIpc) is 2.43. The van der Waals surface area contributed by atoms with E-state index in [-0.39, 0.29) is 0 Å². The van der Waals surface area contributed by atoms with Crippen LogP contribution >= 0.6 is 8.58 Å². The van der Waals surface area contributed by atoms with E-state index in [1.807, 2.05) is 0 Å². The predicted octanol–water partition coefficient (Wildman–Crippen LogP) is 6.10. The standard InChI is InChI=1S/C18H30P/c1-3-4-5-6-7-8-9-10-11-16-19-18-14-12-17(2)13-15-18/h12-15H,3-11,16H2,1-2H3. The minimum atomic E-state index is 1.33. The van der Waals surface area contributed by atoms with Crippen LogP contribution in [0.5, 0.6) is 0 Å². The fraction of sp³-hybridized carbons (Fsp3) is 0.667. The second kappa shape index (κ2) is 11.5. The van der Waals surface area contributed by atoms with Crippen LogP contribution in [0.25, 0.3) is 0 Å². The average molecular weight is 277 g/mol. The number of hydrogen-bond donors (Lipinski definition) is 0. The first-order valence-corrected chi connectivity index (χ1v) is 9.15. The quantitative estimate of drug-likeness (QED) is 0.339. The zero-order valence-electron chi connectivity index (χ0n) is 12.8. The van der Waals surface area contributed by atoms with E-state index in [4.69, 9.17) is 0 Å². The van der Waals surface area contributed by atoms with Gasteiger partial charge >= 0.3 is 0 Å². The van der Waals surface area contributed by atoms with Gasteiger partial charge in [-0.25, -0.2) is 0 Å². The summed E-state index contributed by atoms with van der Waals surface area (Å²) in [5, 5.41) is 1.48. The molecule has 19 heavy (non-hydrogen) atoms. The molecular formula is C18H30P. The number of unbranched alkanes of at least 4 members (excludes halogenated alkanes) is 8. The fourth-order valence-electron chi connectivity index (χ4n) is 2.28. The second-order valence-electron chi connectivity index (χ2n) is 5.55. The third kappa shape index (κ3) is 9.22. The Morgan fingerprint density at radius 2 is 1.26 bits per heavy atom. The van der Waals surface area contributed by atoms with Crippen molar-refractivity contribution in [2.24, 2.45) is 0 Å². The van der Waals surface area contributed by atoms with Gasteiger partial charge < -0.3 is 0 Å². The van der Waals surface area contributed by atoms with Crippen LogP contribution in [-0.2, 0) is 0 Å². The summed E-state index contributed by atoms with van der Waals surface area (Å²) in [6, 6.07) is 8.98. The van der Waals surface area contributed by atoms with Gasteiger partial charge in [-0.1, -0.05) is 88.1 Å². The molecule has 0 spiro atoms. The van der Waals surface area contributed by atoms with Crippen molar-refractivity contribution >= 4 is 13.9 Å². The van der Waals surface area contributed by atoms with Gasteiger partial charge in [0.15, 0.2) is 0 Å². The van der Waals surface area contributed by atoms with Crippen molar-refractivity contribution in [3.8, 4) is 0 Å². The van der Waals surface area contributed by atoms with Gasteiger partial charge in [0.1, 0.15) is 0 Å². The zero-order valence-corrected chi connectivity index (χ0v) is 13.7. The van der Waals surface area contributed by atoms with Gasteiger partial charge in [0.05, 0.1) is 0 Å². The van der Waals surface area contributed by atoms with E-state index in [1.54, 1.807) is 0 Å². The molecule has 0 aliphatic carbocycles. The van der Waals surface area contributed by atoms with Crippen molar-refractivity contribution in [3.05, 3.63) is 29.8 Å². The highest BCUT2D eigenvalue weighted by molar-refractivity contribution is 7.47. The van der Waals surface area contributed by atoms with Gasteiger partial charge in [-0.05, 0) is 33.4 Å². The summed E-state index contributed by atoms with van der Waals surface area (Å²) in [4.78, 5) is 0. The second-order valence-corrected chi connectivity index (χ2v) is 6.83. The molecule has 0 N–H and O–H groups in total. The molecule has 0 saturated heterocycles. The lowest BCUT2D eigenvalue weighted by Gasteiger charge is -2.03. The Balaban J connectivity index is 1.87. The van der Waals surface area contributed by atoms with E-state index in [1.165, 1.54) is 83.4 Å². The first-order chi connectivity index (χ1) is 9.33.